The van der Waals surface area contributed by atoms with Gasteiger partial charge in [-0.3, -0.25) is 0 Å². The summed E-state index contributed by atoms with van der Waals surface area (Å²) in [7, 11) is 0. The van der Waals surface area contributed by atoms with Crippen molar-refractivity contribution in [2.75, 3.05) is 6.54 Å². The second-order valence-corrected chi connectivity index (χ2v) is 4.38. The van der Waals surface area contributed by atoms with E-state index in [9.17, 15) is 13.2 Å². The Kier molecular flexibility index (Phi) is 3.16. The lowest BCUT2D eigenvalue weighted by atomic mass is 10.1. The van der Waals surface area contributed by atoms with Crippen molar-refractivity contribution in [2.24, 2.45) is 0 Å². The predicted molar refractivity (Wildman–Crippen MR) is 57.6 cm³/mol. The van der Waals surface area contributed by atoms with Crippen LogP contribution in [0.3, 0.4) is 0 Å². The molecule has 1 unspecified atom stereocenters. The van der Waals surface area contributed by atoms with E-state index in [-0.39, 0.29) is 6.04 Å². The Hall–Kier alpha value is -1.04. The summed E-state index contributed by atoms with van der Waals surface area (Å²) >= 11 is 0. The maximum Gasteiger partial charge on any atom is 0.449 e. The summed E-state index contributed by atoms with van der Waals surface area (Å²) in [5, 5.41) is 3.05. The van der Waals surface area contributed by atoms with Crippen LogP contribution in [0.15, 0.2) is 0 Å². The van der Waals surface area contributed by atoms with Gasteiger partial charge in [-0.05, 0) is 13.3 Å². The van der Waals surface area contributed by atoms with Crippen molar-refractivity contribution in [3.8, 4) is 0 Å². The molecule has 17 heavy (non-hydrogen) atoms. The maximum atomic E-state index is 12.9. The van der Waals surface area contributed by atoms with Gasteiger partial charge in [-0.15, -0.1) is 0 Å². The highest BCUT2D eigenvalue weighted by molar-refractivity contribution is 5.22. The first-order chi connectivity index (χ1) is 7.95. The smallest absolute Gasteiger partial charge is 0.321 e. The van der Waals surface area contributed by atoms with Gasteiger partial charge >= 0.3 is 6.18 Å². The fraction of sp³-hybridized carbons (Fsp3) is 0.727. The summed E-state index contributed by atoms with van der Waals surface area (Å²) in [6, 6.07) is -0.166. The zero-order valence-corrected chi connectivity index (χ0v) is 9.93. The molecule has 1 aliphatic heterocycles. The van der Waals surface area contributed by atoms with E-state index >= 15 is 0 Å². The Bertz CT molecular complexity index is 409. The summed E-state index contributed by atoms with van der Waals surface area (Å²) < 4.78 is 40.2. The van der Waals surface area contributed by atoms with Crippen LogP contribution in [0, 0.1) is 0 Å². The van der Waals surface area contributed by atoms with Crippen LogP contribution >= 0.6 is 0 Å². The molecule has 3 nitrogen and oxygen atoms in total. The van der Waals surface area contributed by atoms with E-state index in [1.54, 1.807) is 6.92 Å². The van der Waals surface area contributed by atoms with Gasteiger partial charge in [-0.1, -0.05) is 6.92 Å². The number of aromatic nitrogens is 2. The number of hydrogen-bond acceptors (Lipinski definition) is 2. The van der Waals surface area contributed by atoms with E-state index in [4.69, 9.17) is 0 Å². The first kappa shape index (κ1) is 12.4. The van der Waals surface area contributed by atoms with Crippen molar-refractivity contribution in [1.82, 2.24) is 14.9 Å². The van der Waals surface area contributed by atoms with Gasteiger partial charge in [-0.25, -0.2) is 4.98 Å². The molecule has 0 aliphatic carbocycles. The molecule has 96 valence electrons. The monoisotopic (exact) mass is 247 g/mol. The molecular weight excluding hydrogens is 231 g/mol. The first-order valence-electron chi connectivity index (χ1n) is 5.83. The molecule has 2 rings (SSSR count). The minimum absolute atomic E-state index is 0.166. The third-order valence-corrected chi connectivity index (χ3v) is 3.21. The average Bonchev–Trinajstić information content (AvgIpc) is 2.67. The Morgan fingerprint density at radius 1 is 1.47 bits per heavy atom. The summed E-state index contributed by atoms with van der Waals surface area (Å²) in [5.41, 5.74) is 1.29. The molecular formula is C11H16F3N3. The molecule has 0 radical (unpaired) electrons. The molecule has 0 bridgehead atoms. The van der Waals surface area contributed by atoms with E-state index in [1.807, 2.05) is 6.92 Å². The first-order valence-corrected chi connectivity index (χ1v) is 5.83. The van der Waals surface area contributed by atoms with Gasteiger partial charge in [0, 0.05) is 31.2 Å². The summed E-state index contributed by atoms with van der Waals surface area (Å²) in [6.07, 6.45) is -3.09. The molecule has 0 aromatic carbocycles. The lowest BCUT2D eigenvalue weighted by Gasteiger charge is -2.21. The second-order valence-electron chi connectivity index (χ2n) is 4.38. The van der Waals surface area contributed by atoms with Crippen LogP contribution in [-0.4, -0.2) is 16.1 Å². The van der Waals surface area contributed by atoms with Gasteiger partial charge in [-0.2, -0.15) is 13.2 Å². The van der Waals surface area contributed by atoms with E-state index in [2.05, 4.69) is 10.3 Å². The third-order valence-electron chi connectivity index (χ3n) is 3.21. The highest BCUT2D eigenvalue weighted by Gasteiger charge is 2.40. The van der Waals surface area contributed by atoms with Gasteiger partial charge in [0.2, 0.25) is 5.82 Å². The van der Waals surface area contributed by atoms with Crippen molar-refractivity contribution in [3.05, 3.63) is 17.2 Å². The van der Waals surface area contributed by atoms with Gasteiger partial charge in [0.15, 0.2) is 0 Å². The molecule has 0 spiro atoms. The molecule has 0 saturated heterocycles. The van der Waals surface area contributed by atoms with Crippen LogP contribution in [0.1, 0.15) is 43.5 Å². The fourth-order valence-corrected chi connectivity index (χ4v) is 2.19. The van der Waals surface area contributed by atoms with E-state index in [1.165, 1.54) is 4.57 Å². The number of fused-ring (bicyclic) bond motifs is 1. The molecule has 0 saturated carbocycles. The highest BCUT2D eigenvalue weighted by Crippen LogP contribution is 2.34. The Morgan fingerprint density at radius 3 is 2.76 bits per heavy atom. The van der Waals surface area contributed by atoms with Crippen molar-refractivity contribution >= 4 is 0 Å². The number of nitrogens with zero attached hydrogens (tertiary/aromatic N) is 2. The number of alkyl halides is 3. The summed E-state index contributed by atoms with van der Waals surface area (Å²) in [4.78, 5) is 3.77. The van der Waals surface area contributed by atoms with Crippen molar-refractivity contribution < 1.29 is 13.2 Å². The standard InChI is InChI=1S/C11H16F3N3/c1-3-7(2)17-9-4-5-15-6-8(9)16-10(17)11(12,13)14/h7,15H,3-6H2,1-2H3. The number of nitrogens with one attached hydrogen (secondary N) is 1. The lowest BCUT2D eigenvalue weighted by Crippen LogP contribution is -2.26. The normalized spacial score (nSPS) is 17.9. The Balaban J connectivity index is 2.55. The zero-order chi connectivity index (χ0) is 12.6. The lowest BCUT2D eigenvalue weighted by molar-refractivity contribution is -0.148. The number of halogens is 3. The Labute approximate surface area is 98.0 Å². The number of rotatable bonds is 2. The van der Waals surface area contributed by atoms with Crippen molar-refractivity contribution in [2.45, 2.75) is 45.5 Å². The van der Waals surface area contributed by atoms with E-state index in [0.717, 1.165) is 5.69 Å². The van der Waals surface area contributed by atoms with Crippen LogP contribution in [-0.2, 0) is 19.1 Å². The SMILES string of the molecule is CCC(C)n1c(C(F)(F)F)nc2c1CCNC2. The topological polar surface area (TPSA) is 29.9 Å². The number of hydrogen-bond donors (Lipinski definition) is 1. The molecule has 1 aliphatic rings. The van der Waals surface area contributed by atoms with Crippen LogP contribution in [0.5, 0.6) is 0 Å². The highest BCUT2D eigenvalue weighted by atomic mass is 19.4. The fourth-order valence-electron chi connectivity index (χ4n) is 2.19. The predicted octanol–water partition coefficient (Wildman–Crippen LogP) is 2.52. The second kappa shape index (κ2) is 4.33. The van der Waals surface area contributed by atoms with E-state index < -0.39 is 12.0 Å². The van der Waals surface area contributed by atoms with Crippen LogP contribution in [0.2, 0.25) is 0 Å². The van der Waals surface area contributed by atoms with Crippen LogP contribution in [0.25, 0.3) is 0 Å². The minimum atomic E-state index is -4.37. The van der Waals surface area contributed by atoms with Crippen molar-refractivity contribution in [1.29, 1.82) is 0 Å². The van der Waals surface area contributed by atoms with Crippen molar-refractivity contribution in [3.63, 3.8) is 0 Å². The molecule has 1 aromatic heterocycles. The molecule has 6 heteroatoms. The quantitative estimate of drug-likeness (QED) is 0.870. The van der Waals surface area contributed by atoms with Gasteiger partial charge in [0.25, 0.3) is 0 Å². The largest absolute Gasteiger partial charge is 0.449 e. The maximum absolute atomic E-state index is 12.9. The third kappa shape index (κ3) is 2.18. The van der Waals surface area contributed by atoms with Gasteiger partial charge in [0.1, 0.15) is 0 Å². The summed E-state index contributed by atoms with van der Waals surface area (Å²) in [5.74, 6) is -0.749. The van der Waals surface area contributed by atoms with Gasteiger partial charge in [0.05, 0.1) is 5.69 Å². The van der Waals surface area contributed by atoms with Gasteiger partial charge < -0.3 is 9.88 Å². The molecule has 1 atom stereocenters. The van der Waals surface area contributed by atoms with E-state index in [0.29, 0.717) is 31.6 Å². The molecule has 1 aromatic rings. The molecule has 0 fully saturated rings. The summed E-state index contributed by atoms with van der Waals surface area (Å²) in [6.45, 7) is 4.84. The minimum Gasteiger partial charge on any atom is -0.321 e. The molecule has 2 heterocycles. The number of imidazole rings is 1. The molecule has 1 N–H and O–H groups in total. The van der Waals surface area contributed by atoms with Crippen LogP contribution < -0.4 is 5.32 Å². The zero-order valence-electron chi connectivity index (χ0n) is 9.93. The Morgan fingerprint density at radius 2 is 2.18 bits per heavy atom. The molecule has 0 amide bonds. The average molecular weight is 247 g/mol. The van der Waals surface area contributed by atoms with Crippen LogP contribution in [0.4, 0.5) is 13.2 Å².